The Morgan fingerprint density at radius 3 is 2.72 bits per heavy atom. The molecular formula is C11H16N4OS2. The summed E-state index contributed by atoms with van der Waals surface area (Å²) in [5, 5.41) is 9.23. The molecule has 1 unspecified atom stereocenters. The molecule has 2 aromatic rings. The number of hydrogen-bond acceptors (Lipinski definition) is 7. The van der Waals surface area contributed by atoms with E-state index >= 15 is 0 Å². The molecular weight excluding hydrogens is 268 g/mol. The Bertz CT molecular complexity index is 509. The zero-order chi connectivity index (χ0) is 13.1. The van der Waals surface area contributed by atoms with Gasteiger partial charge in [0, 0.05) is 20.6 Å². The third-order valence-electron chi connectivity index (χ3n) is 2.31. The third kappa shape index (κ3) is 3.04. The van der Waals surface area contributed by atoms with E-state index in [-0.39, 0.29) is 5.25 Å². The molecule has 98 valence electrons. The number of aromatic nitrogens is 2. The number of nitrogens with two attached hydrogens (primary N) is 1. The SMILES string of the molecule is Cc1ccc(C(CN)Sc2nnc(N(C)C)s2)o1. The molecule has 0 spiro atoms. The summed E-state index contributed by atoms with van der Waals surface area (Å²) in [4.78, 5) is 1.94. The summed E-state index contributed by atoms with van der Waals surface area (Å²) in [5.74, 6) is 1.79. The molecule has 0 bridgehead atoms. The minimum absolute atomic E-state index is 0.0849. The summed E-state index contributed by atoms with van der Waals surface area (Å²) in [6, 6.07) is 3.91. The first-order chi connectivity index (χ1) is 8.60. The van der Waals surface area contributed by atoms with Gasteiger partial charge in [-0.15, -0.1) is 10.2 Å². The summed E-state index contributed by atoms with van der Waals surface area (Å²) < 4.78 is 6.51. The minimum atomic E-state index is 0.0849. The van der Waals surface area contributed by atoms with Crippen molar-refractivity contribution >= 4 is 28.2 Å². The minimum Gasteiger partial charge on any atom is -0.465 e. The quantitative estimate of drug-likeness (QED) is 0.850. The molecule has 18 heavy (non-hydrogen) atoms. The summed E-state index contributed by atoms with van der Waals surface area (Å²) in [6.45, 7) is 2.44. The molecule has 2 rings (SSSR count). The molecule has 5 nitrogen and oxygen atoms in total. The van der Waals surface area contributed by atoms with Gasteiger partial charge in [0.25, 0.3) is 0 Å². The normalized spacial score (nSPS) is 12.7. The van der Waals surface area contributed by atoms with E-state index in [1.165, 1.54) is 0 Å². The van der Waals surface area contributed by atoms with Gasteiger partial charge in [-0.25, -0.2) is 0 Å². The Hall–Kier alpha value is -1.05. The number of anilines is 1. The predicted molar refractivity (Wildman–Crippen MR) is 75.3 cm³/mol. The van der Waals surface area contributed by atoms with E-state index in [0.29, 0.717) is 6.54 Å². The summed E-state index contributed by atoms with van der Waals surface area (Å²) in [7, 11) is 3.90. The van der Waals surface area contributed by atoms with E-state index in [0.717, 1.165) is 21.0 Å². The molecule has 0 aromatic carbocycles. The number of thioether (sulfide) groups is 1. The second-order valence-corrected chi connectivity index (χ2v) is 6.44. The van der Waals surface area contributed by atoms with E-state index in [1.54, 1.807) is 23.1 Å². The number of hydrogen-bond donors (Lipinski definition) is 1. The van der Waals surface area contributed by atoms with Crippen LogP contribution in [0.15, 0.2) is 20.9 Å². The molecule has 0 aliphatic heterocycles. The molecule has 2 heterocycles. The van der Waals surface area contributed by atoms with Crippen LogP contribution >= 0.6 is 23.1 Å². The van der Waals surface area contributed by atoms with Crippen molar-refractivity contribution in [1.29, 1.82) is 0 Å². The molecule has 0 aliphatic rings. The Balaban J connectivity index is 2.10. The van der Waals surface area contributed by atoms with Gasteiger partial charge in [0.05, 0.1) is 5.25 Å². The molecule has 0 saturated heterocycles. The van der Waals surface area contributed by atoms with Gasteiger partial charge >= 0.3 is 0 Å². The van der Waals surface area contributed by atoms with Crippen LogP contribution in [0.5, 0.6) is 0 Å². The fourth-order valence-corrected chi connectivity index (χ4v) is 3.34. The van der Waals surface area contributed by atoms with E-state index in [4.69, 9.17) is 10.2 Å². The number of nitrogens with zero attached hydrogens (tertiary/aromatic N) is 3. The van der Waals surface area contributed by atoms with Crippen LogP contribution in [0.2, 0.25) is 0 Å². The molecule has 0 radical (unpaired) electrons. The van der Waals surface area contributed by atoms with E-state index in [2.05, 4.69) is 10.2 Å². The molecule has 0 amide bonds. The van der Waals surface area contributed by atoms with Crippen molar-refractivity contribution in [3.05, 3.63) is 23.7 Å². The Morgan fingerprint density at radius 2 is 2.22 bits per heavy atom. The van der Waals surface area contributed by atoms with Gasteiger partial charge in [0.1, 0.15) is 11.5 Å². The zero-order valence-corrected chi connectivity index (χ0v) is 12.2. The molecule has 2 N–H and O–H groups in total. The van der Waals surface area contributed by atoms with Crippen molar-refractivity contribution in [3.8, 4) is 0 Å². The lowest BCUT2D eigenvalue weighted by Crippen LogP contribution is -2.08. The van der Waals surface area contributed by atoms with Gasteiger partial charge < -0.3 is 15.1 Å². The summed E-state index contributed by atoms with van der Waals surface area (Å²) in [6.07, 6.45) is 0. The van der Waals surface area contributed by atoms with Crippen LogP contribution in [0.25, 0.3) is 0 Å². The van der Waals surface area contributed by atoms with Gasteiger partial charge in [-0.3, -0.25) is 0 Å². The maximum atomic E-state index is 5.79. The fraction of sp³-hybridized carbons (Fsp3) is 0.455. The second-order valence-electron chi connectivity index (χ2n) is 4.04. The third-order valence-corrected chi connectivity index (χ3v) is 4.73. The van der Waals surface area contributed by atoms with E-state index in [9.17, 15) is 0 Å². The highest BCUT2D eigenvalue weighted by Gasteiger charge is 2.18. The van der Waals surface area contributed by atoms with Gasteiger partial charge in [0.2, 0.25) is 5.13 Å². The Labute approximate surface area is 114 Å². The van der Waals surface area contributed by atoms with Gasteiger partial charge in [-0.2, -0.15) is 0 Å². The smallest absolute Gasteiger partial charge is 0.208 e. The predicted octanol–water partition coefficient (Wildman–Crippen LogP) is 2.30. The van der Waals surface area contributed by atoms with Gasteiger partial charge in [-0.1, -0.05) is 23.1 Å². The molecule has 1 atom stereocenters. The van der Waals surface area contributed by atoms with Crippen molar-refractivity contribution in [2.75, 3.05) is 25.5 Å². The molecule has 7 heteroatoms. The van der Waals surface area contributed by atoms with Crippen LogP contribution < -0.4 is 10.6 Å². The lowest BCUT2D eigenvalue weighted by molar-refractivity contribution is 0.481. The Kier molecular flexibility index (Phi) is 4.26. The van der Waals surface area contributed by atoms with E-state index < -0.39 is 0 Å². The van der Waals surface area contributed by atoms with Crippen LogP contribution in [0.4, 0.5) is 5.13 Å². The largest absolute Gasteiger partial charge is 0.465 e. The summed E-state index contributed by atoms with van der Waals surface area (Å²) in [5.41, 5.74) is 5.79. The fourth-order valence-electron chi connectivity index (χ4n) is 1.40. The van der Waals surface area contributed by atoms with E-state index in [1.807, 2.05) is 38.1 Å². The van der Waals surface area contributed by atoms with Crippen LogP contribution in [-0.2, 0) is 0 Å². The first-order valence-electron chi connectivity index (χ1n) is 5.54. The van der Waals surface area contributed by atoms with Crippen molar-refractivity contribution in [1.82, 2.24) is 10.2 Å². The van der Waals surface area contributed by atoms with Crippen molar-refractivity contribution < 1.29 is 4.42 Å². The van der Waals surface area contributed by atoms with Gasteiger partial charge in [0.15, 0.2) is 4.34 Å². The van der Waals surface area contributed by atoms with Crippen LogP contribution in [-0.4, -0.2) is 30.8 Å². The highest BCUT2D eigenvalue weighted by molar-refractivity contribution is 8.01. The lowest BCUT2D eigenvalue weighted by atomic mass is 10.3. The highest BCUT2D eigenvalue weighted by Crippen LogP contribution is 2.38. The number of rotatable bonds is 5. The monoisotopic (exact) mass is 284 g/mol. The highest BCUT2D eigenvalue weighted by atomic mass is 32.2. The van der Waals surface area contributed by atoms with Crippen LogP contribution in [0.3, 0.4) is 0 Å². The van der Waals surface area contributed by atoms with Crippen LogP contribution in [0, 0.1) is 6.92 Å². The molecule has 0 aliphatic carbocycles. The summed E-state index contributed by atoms with van der Waals surface area (Å²) >= 11 is 3.15. The lowest BCUT2D eigenvalue weighted by Gasteiger charge is -2.09. The average molecular weight is 284 g/mol. The zero-order valence-electron chi connectivity index (χ0n) is 10.6. The molecule has 0 saturated carbocycles. The molecule has 0 fully saturated rings. The topological polar surface area (TPSA) is 68.2 Å². The van der Waals surface area contributed by atoms with Crippen molar-refractivity contribution in [2.24, 2.45) is 5.73 Å². The standard InChI is InChI=1S/C11H16N4OS2/c1-7-4-5-8(16-7)9(6-12)17-11-14-13-10(18-11)15(2)3/h4-5,9H,6,12H2,1-3H3. The number of furan rings is 1. The van der Waals surface area contributed by atoms with Crippen molar-refractivity contribution in [3.63, 3.8) is 0 Å². The van der Waals surface area contributed by atoms with Crippen LogP contribution in [0.1, 0.15) is 16.8 Å². The maximum Gasteiger partial charge on any atom is 0.208 e. The average Bonchev–Trinajstić information content (AvgIpc) is 2.94. The first kappa shape index (κ1) is 13.4. The van der Waals surface area contributed by atoms with Gasteiger partial charge in [-0.05, 0) is 19.1 Å². The maximum absolute atomic E-state index is 5.79. The Morgan fingerprint density at radius 1 is 1.44 bits per heavy atom. The first-order valence-corrected chi connectivity index (χ1v) is 7.23. The van der Waals surface area contributed by atoms with Crippen molar-refractivity contribution in [2.45, 2.75) is 16.5 Å². The second kappa shape index (κ2) is 5.73. The number of aryl methyl sites for hydroxylation is 1. The molecule has 2 aromatic heterocycles.